The molecule has 17 heavy (non-hydrogen) atoms. The van der Waals surface area contributed by atoms with Crippen molar-refractivity contribution in [1.29, 1.82) is 0 Å². The number of nitrogens with one attached hydrogen (secondary N) is 2. The predicted octanol–water partition coefficient (Wildman–Crippen LogP) is -0.133. The molecule has 0 aromatic heterocycles. The first-order chi connectivity index (χ1) is 8.25. The Bertz CT molecular complexity index is 287. The summed E-state index contributed by atoms with van der Waals surface area (Å²) in [6.45, 7) is 2.77. The molecule has 0 saturated carbocycles. The summed E-state index contributed by atoms with van der Waals surface area (Å²) in [4.78, 5) is 24.6. The number of hydrogen-bond acceptors (Lipinski definition) is 3. The molecule has 2 saturated heterocycles. The van der Waals surface area contributed by atoms with E-state index < -0.39 is 0 Å². The van der Waals surface area contributed by atoms with Crippen LogP contribution in [0.2, 0.25) is 0 Å². The van der Waals surface area contributed by atoms with Crippen LogP contribution in [0.25, 0.3) is 0 Å². The smallest absolute Gasteiger partial charge is 0.239 e. The second-order valence-corrected chi connectivity index (χ2v) is 4.85. The standard InChI is InChI=1S/C12H21N3O2/c16-11(9-15-8-2-4-12(15)17)14-7-5-10-3-1-6-13-10/h10,13H,1-9H2,(H,14,16)/t10-/m0/s1. The maximum atomic E-state index is 11.6. The monoisotopic (exact) mass is 239 g/mol. The van der Waals surface area contributed by atoms with E-state index in [9.17, 15) is 9.59 Å². The minimum atomic E-state index is -0.0294. The van der Waals surface area contributed by atoms with E-state index in [2.05, 4.69) is 10.6 Å². The average Bonchev–Trinajstić information content (AvgIpc) is 2.92. The third-order valence-corrected chi connectivity index (χ3v) is 3.48. The molecule has 0 aromatic carbocycles. The third-order valence-electron chi connectivity index (χ3n) is 3.48. The van der Waals surface area contributed by atoms with Crippen LogP contribution in [0.1, 0.15) is 32.1 Å². The van der Waals surface area contributed by atoms with Gasteiger partial charge in [-0.2, -0.15) is 0 Å². The van der Waals surface area contributed by atoms with Gasteiger partial charge in [0, 0.05) is 25.6 Å². The van der Waals surface area contributed by atoms with Crippen LogP contribution in [-0.2, 0) is 9.59 Å². The van der Waals surface area contributed by atoms with Crippen LogP contribution in [0, 0.1) is 0 Å². The molecular formula is C12H21N3O2. The highest BCUT2D eigenvalue weighted by atomic mass is 16.2. The fourth-order valence-electron chi connectivity index (χ4n) is 2.49. The van der Waals surface area contributed by atoms with Gasteiger partial charge in [-0.05, 0) is 32.2 Å². The van der Waals surface area contributed by atoms with E-state index in [-0.39, 0.29) is 18.4 Å². The Morgan fingerprint density at radius 3 is 3.00 bits per heavy atom. The first kappa shape index (κ1) is 12.4. The summed E-state index contributed by atoms with van der Waals surface area (Å²) in [5.41, 5.74) is 0. The highest BCUT2D eigenvalue weighted by molar-refractivity contribution is 5.85. The maximum absolute atomic E-state index is 11.6. The second kappa shape index (κ2) is 6.00. The molecule has 2 heterocycles. The Morgan fingerprint density at radius 1 is 1.47 bits per heavy atom. The fourth-order valence-corrected chi connectivity index (χ4v) is 2.49. The van der Waals surface area contributed by atoms with E-state index in [1.54, 1.807) is 4.90 Å². The van der Waals surface area contributed by atoms with Gasteiger partial charge in [-0.3, -0.25) is 9.59 Å². The van der Waals surface area contributed by atoms with E-state index >= 15 is 0 Å². The summed E-state index contributed by atoms with van der Waals surface area (Å²) >= 11 is 0. The van der Waals surface area contributed by atoms with Crippen molar-refractivity contribution in [3.05, 3.63) is 0 Å². The molecule has 2 aliphatic heterocycles. The molecule has 5 heteroatoms. The van der Waals surface area contributed by atoms with Crippen LogP contribution in [0.3, 0.4) is 0 Å². The van der Waals surface area contributed by atoms with Crippen molar-refractivity contribution in [3.8, 4) is 0 Å². The highest BCUT2D eigenvalue weighted by Crippen LogP contribution is 2.09. The van der Waals surface area contributed by atoms with Crippen molar-refractivity contribution >= 4 is 11.8 Å². The minimum Gasteiger partial charge on any atom is -0.355 e. The third kappa shape index (κ3) is 3.70. The van der Waals surface area contributed by atoms with Crippen LogP contribution >= 0.6 is 0 Å². The summed E-state index contributed by atoms with van der Waals surface area (Å²) in [6, 6.07) is 0.559. The largest absolute Gasteiger partial charge is 0.355 e. The Balaban J connectivity index is 1.58. The van der Waals surface area contributed by atoms with Gasteiger partial charge < -0.3 is 15.5 Å². The molecule has 5 nitrogen and oxygen atoms in total. The second-order valence-electron chi connectivity index (χ2n) is 4.85. The van der Waals surface area contributed by atoms with E-state index in [4.69, 9.17) is 0 Å². The number of carbonyl (C=O) groups excluding carboxylic acids is 2. The Labute approximate surface area is 102 Å². The molecule has 2 amide bonds. The zero-order chi connectivity index (χ0) is 12.1. The lowest BCUT2D eigenvalue weighted by Gasteiger charge is -2.15. The van der Waals surface area contributed by atoms with Gasteiger partial charge in [-0.25, -0.2) is 0 Å². The lowest BCUT2D eigenvalue weighted by atomic mass is 10.1. The highest BCUT2D eigenvalue weighted by Gasteiger charge is 2.22. The lowest BCUT2D eigenvalue weighted by molar-refractivity contribution is -0.133. The number of amides is 2. The van der Waals surface area contributed by atoms with Crippen LogP contribution in [0.15, 0.2) is 0 Å². The molecular weight excluding hydrogens is 218 g/mol. The Morgan fingerprint density at radius 2 is 2.35 bits per heavy atom. The molecule has 2 aliphatic rings. The van der Waals surface area contributed by atoms with Crippen LogP contribution < -0.4 is 10.6 Å². The van der Waals surface area contributed by atoms with Gasteiger partial charge in [0.05, 0.1) is 6.54 Å². The van der Waals surface area contributed by atoms with Crippen molar-refractivity contribution in [1.82, 2.24) is 15.5 Å². The first-order valence-electron chi connectivity index (χ1n) is 6.53. The van der Waals surface area contributed by atoms with Gasteiger partial charge in [0.15, 0.2) is 0 Å². The van der Waals surface area contributed by atoms with Gasteiger partial charge in [-0.1, -0.05) is 0 Å². The number of likely N-dealkylation sites (tertiary alicyclic amines) is 1. The van der Waals surface area contributed by atoms with E-state index in [0.717, 1.165) is 25.9 Å². The van der Waals surface area contributed by atoms with E-state index in [1.165, 1.54) is 12.8 Å². The molecule has 0 aromatic rings. The van der Waals surface area contributed by atoms with Gasteiger partial charge >= 0.3 is 0 Å². The zero-order valence-corrected chi connectivity index (χ0v) is 10.2. The molecule has 0 radical (unpaired) electrons. The average molecular weight is 239 g/mol. The predicted molar refractivity (Wildman–Crippen MR) is 64.5 cm³/mol. The molecule has 0 spiro atoms. The molecule has 0 aliphatic carbocycles. The number of hydrogen-bond donors (Lipinski definition) is 2. The molecule has 1 atom stereocenters. The van der Waals surface area contributed by atoms with E-state index in [0.29, 0.717) is 19.0 Å². The van der Waals surface area contributed by atoms with Crippen molar-refractivity contribution in [2.75, 3.05) is 26.2 Å². The normalized spacial score (nSPS) is 24.4. The van der Waals surface area contributed by atoms with Crippen molar-refractivity contribution < 1.29 is 9.59 Å². The summed E-state index contributed by atoms with van der Waals surface area (Å²) in [5.74, 6) is 0.0795. The van der Waals surface area contributed by atoms with Crippen molar-refractivity contribution in [2.45, 2.75) is 38.1 Å². The van der Waals surface area contributed by atoms with Crippen LogP contribution in [-0.4, -0.2) is 48.9 Å². The molecule has 0 bridgehead atoms. The van der Waals surface area contributed by atoms with Crippen molar-refractivity contribution in [2.24, 2.45) is 0 Å². The molecule has 2 N–H and O–H groups in total. The quantitative estimate of drug-likeness (QED) is 0.702. The zero-order valence-electron chi connectivity index (χ0n) is 10.2. The fraction of sp³-hybridized carbons (Fsp3) is 0.833. The topological polar surface area (TPSA) is 61.4 Å². The van der Waals surface area contributed by atoms with Gasteiger partial charge in [0.1, 0.15) is 0 Å². The number of nitrogens with zero attached hydrogens (tertiary/aromatic N) is 1. The number of carbonyl (C=O) groups is 2. The van der Waals surface area contributed by atoms with Crippen molar-refractivity contribution in [3.63, 3.8) is 0 Å². The van der Waals surface area contributed by atoms with Crippen LogP contribution in [0.5, 0.6) is 0 Å². The van der Waals surface area contributed by atoms with Gasteiger partial charge in [-0.15, -0.1) is 0 Å². The molecule has 2 rings (SSSR count). The summed E-state index contributed by atoms with van der Waals surface area (Å²) in [7, 11) is 0. The SMILES string of the molecule is O=C(CN1CCCC1=O)NCC[C@@H]1CCCN1. The Kier molecular flexibility index (Phi) is 4.36. The lowest BCUT2D eigenvalue weighted by Crippen LogP contribution is -2.39. The molecule has 0 unspecified atom stereocenters. The summed E-state index contributed by atoms with van der Waals surface area (Å²) < 4.78 is 0. The number of rotatable bonds is 5. The van der Waals surface area contributed by atoms with Gasteiger partial charge in [0.25, 0.3) is 0 Å². The summed E-state index contributed by atoms with van der Waals surface area (Å²) in [5, 5.41) is 6.28. The maximum Gasteiger partial charge on any atom is 0.239 e. The molecule has 96 valence electrons. The van der Waals surface area contributed by atoms with E-state index in [1.807, 2.05) is 0 Å². The summed E-state index contributed by atoms with van der Waals surface area (Å²) in [6.07, 6.45) is 4.92. The van der Waals surface area contributed by atoms with Crippen LogP contribution in [0.4, 0.5) is 0 Å². The minimum absolute atomic E-state index is 0.0294. The Hall–Kier alpha value is -1.10. The molecule has 2 fully saturated rings. The van der Waals surface area contributed by atoms with Gasteiger partial charge in [0.2, 0.25) is 11.8 Å². The first-order valence-corrected chi connectivity index (χ1v) is 6.53.